The molecular formula is C47H71ClO2. The minimum Gasteiger partial charge on any atom is -0.494 e. The lowest BCUT2D eigenvalue weighted by molar-refractivity contribution is 0.304. The first kappa shape index (κ1) is 42.0. The lowest BCUT2D eigenvalue weighted by atomic mass is 9.94. The number of ether oxygens (including phenoxy) is 2. The summed E-state index contributed by atoms with van der Waals surface area (Å²) in [5, 5.41) is -0.263. The van der Waals surface area contributed by atoms with Gasteiger partial charge in [-0.15, -0.1) is 11.6 Å². The van der Waals surface area contributed by atoms with E-state index in [0.717, 1.165) is 59.8 Å². The third-order valence-corrected chi connectivity index (χ3v) is 10.6. The Morgan fingerprint density at radius 2 is 0.840 bits per heavy atom. The fourth-order valence-electron chi connectivity index (χ4n) is 6.89. The first-order valence-electron chi connectivity index (χ1n) is 20.9. The highest BCUT2D eigenvalue weighted by Gasteiger charge is 2.17. The van der Waals surface area contributed by atoms with Crippen LogP contribution in [0.15, 0.2) is 72.8 Å². The number of halogens is 1. The molecule has 0 saturated heterocycles. The van der Waals surface area contributed by atoms with Crippen molar-refractivity contribution in [1.29, 1.82) is 0 Å². The smallest absolute Gasteiger partial charge is 0.119 e. The summed E-state index contributed by atoms with van der Waals surface area (Å²) in [6.07, 6.45) is 32.4. The average molecular weight is 704 g/mol. The summed E-state index contributed by atoms with van der Waals surface area (Å²) in [5.74, 6) is 1.84. The number of alkyl halides is 1. The predicted octanol–water partition coefficient (Wildman–Crippen LogP) is 15.8. The Labute approximate surface area is 313 Å². The van der Waals surface area contributed by atoms with Gasteiger partial charge in [-0.1, -0.05) is 204 Å². The van der Waals surface area contributed by atoms with E-state index in [1.54, 1.807) is 0 Å². The van der Waals surface area contributed by atoms with Crippen molar-refractivity contribution in [2.24, 2.45) is 0 Å². The monoisotopic (exact) mass is 703 g/mol. The van der Waals surface area contributed by atoms with Gasteiger partial charge in [0.2, 0.25) is 0 Å². The molecule has 3 aromatic carbocycles. The van der Waals surface area contributed by atoms with Gasteiger partial charge in [0.1, 0.15) is 11.5 Å². The van der Waals surface area contributed by atoms with Crippen LogP contribution in [0.1, 0.15) is 184 Å². The van der Waals surface area contributed by atoms with Gasteiger partial charge in [0.15, 0.2) is 0 Å². The zero-order valence-electron chi connectivity index (χ0n) is 32.1. The predicted molar refractivity (Wildman–Crippen MR) is 219 cm³/mol. The second-order valence-electron chi connectivity index (χ2n) is 14.5. The van der Waals surface area contributed by atoms with Crippen molar-refractivity contribution in [2.75, 3.05) is 13.2 Å². The summed E-state index contributed by atoms with van der Waals surface area (Å²) in [6, 6.07) is 25.3. The summed E-state index contributed by atoms with van der Waals surface area (Å²) in [4.78, 5) is 0. The van der Waals surface area contributed by atoms with Crippen LogP contribution in [0.4, 0.5) is 0 Å². The molecule has 0 aliphatic rings. The molecule has 3 aromatic rings. The Bertz CT molecular complexity index is 1210. The van der Waals surface area contributed by atoms with E-state index in [0.29, 0.717) is 0 Å². The molecule has 0 bridgehead atoms. The van der Waals surface area contributed by atoms with E-state index >= 15 is 0 Å². The van der Waals surface area contributed by atoms with Crippen molar-refractivity contribution in [3.8, 4) is 22.6 Å². The molecule has 0 spiro atoms. The molecule has 1 unspecified atom stereocenters. The molecule has 1 atom stereocenters. The topological polar surface area (TPSA) is 18.5 Å². The van der Waals surface area contributed by atoms with E-state index in [1.165, 1.54) is 141 Å². The third-order valence-electron chi connectivity index (χ3n) is 10.1. The van der Waals surface area contributed by atoms with Crippen LogP contribution in [0, 0.1) is 0 Å². The molecular weight excluding hydrogens is 632 g/mol. The van der Waals surface area contributed by atoms with Crippen LogP contribution < -0.4 is 9.47 Å². The van der Waals surface area contributed by atoms with Crippen molar-refractivity contribution < 1.29 is 9.47 Å². The Kier molecular flexibility index (Phi) is 23.6. The fourth-order valence-corrected chi connectivity index (χ4v) is 7.23. The van der Waals surface area contributed by atoms with Gasteiger partial charge < -0.3 is 9.47 Å². The molecule has 3 rings (SSSR count). The minimum atomic E-state index is -0.263. The van der Waals surface area contributed by atoms with Crippen LogP contribution in [0.2, 0.25) is 0 Å². The lowest BCUT2D eigenvalue weighted by Crippen LogP contribution is -2.01. The zero-order valence-corrected chi connectivity index (χ0v) is 32.8. The summed E-state index contributed by atoms with van der Waals surface area (Å²) in [6.45, 7) is 6.11. The molecule has 2 nitrogen and oxygen atoms in total. The van der Waals surface area contributed by atoms with Crippen molar-refractivity contribution in [3.05, 3.63) is 83.9 Å². The first-order chi connectivity index (χ1) is 24.7. The SMILES string of the molecule is CCCCCCCCCCCCCCOc1ccc(C(Cl)c2ccc(OCCCCCCCCCCCCCC)cc2-c2ccccc2)cc1. The molecule has 0 fully saturated rings. The van der Waals surface area contributed by atoms with Crippen molar-refractivity contribution >= 4 is 11.6 Å². The normalized spacial score (nSPS) is 11.9. The number of hydrogen-bond donors (Lipinski definition) is 0. The Hall–Kier alpha value is -2.45. The number of hydrogen-bond acceptors (Lipinski definition) is 2. The number of rotatable bonds is 31. The Balaban J connectivity index is 1.37. The molecule has 278 valence electrons. The van der Waals surface area contributed by atoms with Gasteiger partial charge in [-0.2, -0.15) is 0 Å². The molecule has 3 heteroatoms. The molecule has 0 aliphatic heterocycles. The summed E-state index contributed by atoms with van der Waals surface area (Å²) in [5.41, 5.74) is 4.46. The second kappa shape index (κ2) is 28.2. The van der Waals surface area contributed by atoms with Crippen LogP contribution in [0.3, 0.4) is 0 Å². The molecule has 0 heterocycles. The summed E-state index contributed by atoms with van der Waals surface area (Å²) < 4.78 is 12.3. The standard InChI is InChI=1S/C47H71ClO2/c1-3-5-7-9-11-13-15-17-19-21-23-28-38-49-43-34-32-42(33-35-43)47(48)45-37-36-44(40-46(45)41-30-26-25-27-31-41)50-39-29-24-22-20-18-16-14-12-10-8-6-4-2/h25-27,30-37,40,47H,3-24,28-29,38-39H2,1-2H3. The van der Waals surface area contributed by atoms with Crippen molar-refractivity contribution in [3.63, 3.8) is 0 Å². The van der Waals surface area contributed by atoms with E-state index < -0.39 is 0 Å². The minimum absolute atomic E-state index is 0.263. The van der Waals surface area contributed by atoms with E-state index in [1.807, 2.05) is 0 Å². The maximum Gasteiger partial charge on any atom is 0.119 e. The van der Waals surface area contributed by atoms with Gasteiger partial charge in [-0.05, 0) is 59.4 Å². The van der Waals surface area contributed by atoms with Crippen LogP contribution in [-0.4, -0.2) is 13.2 Å². The largest absolute Gasteiger partial charge is 0.494 e. The quantitative estimate of drug-likeness (QED) is 0.0491. The highest BCUT2D eigenvalue weighted by molar-refractivity contribution is 6.23. The highest BCUT2D eigenvalue weighted by atomic mass is 35.5. The van der Waals surface area contributed by atoms with Gasteiger partial charge >= 0.3 is 0 Å². The van der Waals surface area contributed by atoms with Gasteiger partial charge in [0.05, 0.1) is 18.6 Å². The van der Waals surface area contributed by atoms with Gasteiger partial charge in [-0.25, -0.2) is 0 Å². The van der Waals surface area contributed by atoms with E-state index in [2.05, 4.69) is 86.6 Å². The van der Waals surface area contributed by atoms with Gasteiger partial charge in [0.25, 0.3) is 0 Å². The zero-order chi connectivity index (χ0) is 35.3. The highest BCUT2D eigenvalue weighted by Crippen LogP contribution is 2.38. The van der Waals surface area contributed by atoms with Gasteiger partial charge in [-0.3, -0.25) is 0 Å². The molecule has 0 radical (unpaired) electrons. The van der Waals surface area contributed by atoms with Crippen LogP contribution in [0.25, 0.3) is 11.1 Å². The van der Waals surface area contributed by atoms with Crippen LogP contribution in [-0.2, 0) is 0 Å². The van der Waals surface area contributed by atoms with E-state index in [9.17, 15) is 0 Å². The van der Waals surface area contributed by atoms with Crippen molar-refractivity contribution in [1.82, 2.24) is 0 Å². The maximum absolute atomic E-state index is 7.18. The van der Waals surface area contributed by atoms with E-state index in [4.69, 9.17) is 21.1 Å². The Morgan fingerprint density at radius 1 is 0.440 bits per heavy atom. The Morgan fingerprint density at radius 3 is 1.30 bits per heavy atom. The molecule has 0 amide bonds. The lowest BCUT2D eigenvalue weighted by Gasteiger charge is -2.18. The number of benzene rings is 3. The number of unbranched alkanes of at least 4 members (excludes halogenated alkanes) is 22. The van der Waals surface area contributed by atoms with Crippen molar-refractivity contribution in [2.45, 2.75) is 173 Å². The average Bonchev–Trinajstić information content (AvgIpc) is 3.15. The molecule has 0 N–H and O–H groups in total. The fraction of sp³-hybridized carbons (Fsp3) is 0.617. The second-order valence-corrected chi connectivity index (χ2v) is 15.0. The molecule has 0 aromatic heterocycles. The maximum atomic E-state index is 7.18. The molecule has 0 aliphatic carbocycles. The summed E-state index contributed by atoms with van der Waals surface area (Å²) >= 11 is 7.18. The molecule has 0 saturated carbocycles. The van der Waals surface area contributed by atoms with Crippen LogP contribution in [0.5, 0.6) is 11.5 Å². The van der Waals surface area contributed by atoms with Gasteiger partial charge in [0, 0.05) is 0 Å². The first-order valence-corrected chi connectivity index (χ1v) is 21.4. The molecule has 50 heavy (non-hydrogen) atoms. The van der Waals surface area contributed by atoms with E-state index in [-0.39, 0.29) is 5.38 Å². The summed E-state index contributed by atoms with van der Waals surface area (Å²) in [7, 11) is 0. The third kappa shape index (κ3) is 18.2. The van der Waals surface area contributed by atoms with Crippen LogP contribution >= 0.6 is 11.6 Å².